The summed E-state index contributed by atoms with van der Waals surface area (Å²) in [5.74, 6) is 1.49. The normalized spacial score (nSPS) is 22.2. The summed E-state index contributed by atoms with van der Waals surface area (Å²) in [4.78, 5) is 29.5. The molecule has 8 nitrogen and oxygen atoms in total. The molecular formula is C25H40N4O4. The maximum atomic E-state index is 13.2. The number of urea groups is 1. The van der Waals surface area contributed by atoms with Crippen LogP contribution >= 0.6 is 0 Å². The number of carbonyl (C=O) groups is 2. The van der Waals surface area contributed by atoms with Gasteiger partial charge < -0.3 is 30.3 Å². The van der Waals surface area contributed by atoms with Crippen molar-refractivity contribution < 1.29 is 19.4 Å². The first-order valence-electron chi connectivity index (χ1n) is 12.1. The lowest BCUT2D eigenvalue weighted by Crippen LogP contribution is -2.47. The third-order valence-electron chi connectivity index (χ3n) is 6.35. The van der Waals surface area contributed by atoms with E-state index >= 15 is 0 Å². The number of amides is 3. The largest absolute Gasteiger partial charge is 0.488 e. The smallest absolute Gasteiger partial charge is 0.319 e. The van der Waals surface area contributed by atoms with Crippen molar-refractivity contribution in [2.45, 2.75) is 65.1 Å². The summed E-state index contributed by atoms with van der Waals surface area (Å²) in [6.07, 6.45) is 2.64. The van der Waals surface area contributed by atoms with Gasteiger partial charge in [-0.2, -0.15) is 0 Å². The number of carbonyl (C=O) groups excluding carboxylic acids is 2. The van der Waals surface area contributed by atoms with Crippen molar-refractivity contribution in [3.63, 3.8) is 0 Å². The van der Waals surface area contributed by atoms with Gasteiger partial charge in [0, 0.05) is 42.8 Å². The van der Waals surface area contributed by atoms with E-state index in [9.17, 15) is 14.7 Å². The molecular weight excluding hydrogens is 420 g/mol. The lowest BCUT2D eigenvalue weighted by atomic mass is 10.0. The van der Waals surface area contributed by atoms with Gasteiger partial charge in [-0.3, -0.25) is 4.79 Å². The van der Waals surface area contributed by atoms with Gasteiger partial charge in [0.15, 0.2) is 0 Å². The third-order valence-corrected chi connectivity index (χ3v) is 6.35. The summed E-state index contributed by atoms with van der Waals surface area (Å²) >= 11 is 0. The van der Waals surface area contributed by atoms with E-state index in [4.69, 9.17) is 4.74 Å². The first kappa shape index (κ1) is 25.3. The number of hydrogen-bond donors (Lipinski definition) is 3. The van der Waals surface area contributed by atoms with Gasteiger partial charge in [-0.25, -0.2) is 4.79 Å². The van der Waals surface area contributed by atoms with Crippen molar-refractivity contribution in [2.24, 2.45) is 11.8 Å². The number of aliphatic hydroxyl groups excluding tert-OH is 1. The van der Waals surface area contributed by atoms with E-state index in [2.05, 4.69) is 29.5 Å². The molecule has 1 aromatic carbocycles. The zero-order chi connectivity index (χ0) is 24.1. The summed E-state index contributed by atoms with van der Waals surface area (Å²) in [6.45, 7) is 10.0. The quantitative estimate of drug-likeness (QED) is 0.555. The number of ether oxygens (including phenoxy) is 1. The van der Waals surface area contributed by atoms with Crippen LogP contribution in [-0.2, 0) is 11.2 Å². The lowest BCUT2D eigenvalue weighted by molar-refractivity contribution is -0.134. The van der Waals surface area contributed by atoms with Gasteiger partial charge in [0.2, 0.25) is 5.91 Å². The zero-order valence-electron chi connectivity index (χ0n) is 20.6. The maximum absolute atomic E-state index is 13.2. The van der Waals surface area contributed by atoms with E-state index in [0.29, 0.717) is 18.0 Å². The van der Waals surface area contributed by atoms with Crippen LogP contribution in [0.5, 0.6) is 5.75 Å². The Balaban J connectivity index is 1.86. The second kappa shape index (κ2) is 11.2. The highest BCUT2D eigenvalue weighted by molar-refractivity contribution is 5.90. The summed E-state index contributed by atoms with van der Waals surface area (Å²) in [7, 11) is 2.13. The Hall–Kier alpha value is -2.32. The molecule has 1 saturated carbocycles. The first-order valence-corrected chi connectivity index (χ1v) is 12.1. The zero-order valence-corrected chi connectivity index (χ0v) is 20.6. The van der Waals surface area contributed by atoms with Crippen molar-refractivity contribution in [3.05, 3.63) is 23.8 Å². The molecule has 1 aromatic rings. The van der Waals surface area contributed by atoms with E-state index in [0.717, 1.165) is 24.6 Å². The SMILES string of the molecule is CC(C)NC(=O)Nc1ccc2c(c1)CC(=O)N([C@@H](C)CO)C[C@H](C)[C@@H](CN(C)CC1CC1)O2. The number of rotatable bonds is 8. The highest BCUT2D eigenvalue weighted by Gasteiger charge is 2.32. The van der Waals surface area contributed by atoms with Crippen LogP contribution in [0.4, 0.5) is 10.5 Å². The van der Waals surface area contributed by atoms with Crippen LogP contribution in [0.2, 0.25) is 0 Å². The maximum Gasteiger partial charge on any atom is 0.319 e. The van der Waals surface area contributed by atoms with E-state index in [-0.39, 0.29) is 49.1 Å². The molecule has 0 bridgehead atoms. The molecule has 0 unspecified atom stereocenters. The second-order valence-electron chi connectivity index (χ2n) is 10.1. The monoisotopic (exact) mass is 460 g/mol. The van der Waals surface area contributed by atoms with Gasteiger partial charge in [-0.1, -0.05) is 6.92 Å². The minimum atomic E-state index is -0.288. The van der Waals surface area contributed by atoms with Crippen LogP contribution in [0, 0.1) is 11.8 Å². The minimum Gasteiger partial charge on any atom is -0.488 e. The Morgan fingerprint density at radius 1 is 1.27 bits per heavy atom. The van der Waals surface area contributed by atoms with E-state index in [1.807, 2.05) is 39.0 Å². The third kappa shape index (κ3) is 7.33. The second-order valence-corrected chi connectivity index (χ2v) is 10.1. The Labute approximate surface area is 197 Å². The number of nitrogens with one attached hydrogen (secondary N) is 2. The number of benzene rings is 1. The molecule has 0 aromatic heterocycles. The number of anilines is 1. The minimum absolute atomic E-state index is 0.0196. The molecule has 1 aliphatic carbocycles. The van der Waals surface area contributed by atoms with Crippen molar-refractivity contribution >= 4 is 17.6 Å². The predicted octanol–water partition coefficient (Wildman–Crippen LogP) is 2.71. The van der Waals surface area contributed by atoms with Gasteiger partial charge in [0.05, 0.1) is 19.1 Å². The molecule has 2 aliphatic rings. The molecule has 1 aliphatic heterocycles. The number of likely N-dealkylation sites (N-methyl/N-ethyl adjacent to an activating group) is 1. The number of hydrogen-bond acceptors (Lipinski definition) is 5. The van der Waals surface area contributed by atoms with E-state index < -0.39 is 0 Å². The first-order chi connectivity index (χ1) is 15.7. The van der Waals surface area contributed by atoms with Gasteiger partial charge in [-0.15, -0.1) is 0 Å². The number of aliphatic hydroxyl groups is 1. The van der Waals surface area contributed by atoms with Gasteiger partial charge in [0.1, 0.15) is 11.9 Å². The molecule has 3 atom stereocenters. The Bertz CT molecular complexity index is 827. The van der Waals surface area contributed by atoms with Crippen molar-refractivity contribution in [1.82, 2.24) is 15.1 Å². The Kier molecular flexibility index (Phi) is 8.59. The Morgan fingerprint density at radius 2 is 2.00 bits per heavy atom. The molecule has 3 N–H and O–H groups in total. The lowest BCUT2D eigenvalue weighted by Gasteiger charge is -2.34. The van der Waals surface area contributed by atoms with Crippen LogP contribution in [-0.4, -0.2) is 78.3 Å². The molecule has 0 saturated heterocycles. The Morgan fingerprint density at radius 3 is 2.64 bits per heavy atom. The topological polar surface area (TPSA) is 94.1 Å². The van der Waals surface area contributed by atoms with Crippen molar-refractivity contribution in [2.75, 3.05) is 38.6 Å². The molecule has 3 rings (SSSR count). The molecule has 33 heavy (non-hydrogen) atoms. The van der Waals surface area contributed by atoms with Gasteiger partial charge in [0.25, 0.3) is 0 Å². The van der Waals surface area contributed by atoms with Crippen LogP contribution in [0.3, 0.4) is 0 Å². The van der Waals surface area contributed by atoms with Crippen molar-refractivity contribution in [3.8, 4) is 5.75 Å². The average molecular weight is 461 g/mol. The molecule has 8 heteroatoms. The van der Waals surface area contributed by atoms with Crippen LogP contribution in [0.25, 0.3) is 0 Å². The summed E-state index contributed by atoms with van der Waals surface area (Å²) in [5.41, 5.74) is 1.35. The summed E-state index contributed by atoms with van der Waals surface area (Å²) < 4.78 is 6.53. The van der Waals surface area contributed by atoms with E-state index in [1.54, 1.807) is 4.90 Å². The fourth-order valence-corrected chi connectivity index (χ4v) is 4.28. The van der Waals surface area contributed by atoms with Crippen LogP contribution in [0.15, 0.2) is 18.2 Å². The molecule has 0 spiro atoms. The average Bonchev–Trinajstić information content (AvgIpc) is 3.54. The number of fused-ring (bicyclic) bond motifs is 1. The van der Waals surface area contributed by atoms with Gasteiger partial charge >= 0.3 is 6.03 Å². The summed E-state index contributed by atoms with van der Waals surface area (Å²) in [5, 5.41) is 15.4. The number of nitrogens with zero attached hydrogens (tertiary/aromatic N) is 2. The molecule has 1 fully saturated rings. The van der Waals surface area contributed by atoms with Gasteiger partial charge in [-0.05, 0) is 64.8 Å². The fourth-order valence-electron chi connectivity index (χ4n) is 4.28. The fraction of sp³-hybridized carbons (Fsp3) is 0.680. The van der Waals surface area contributed by atoms with Crippen LogP contribution < -0.4 is 15.4 Å². The molecule has 0 radical (unpaired) electrons. The molecule has 1 heterocycles. The standard InChI is InChI=1S/C25H40N4O4/c1-16(2)26-25(32)27-21-8-9-22-20(10-21)11-24(31)29(18(4)15-30)12-17(3)23(33-22)14-28(5)13-19-6-7-19/h8-10,16-19,23,30H,6-7,11-15H2,1-5H3,(H2,26,27,32)/t17-,18-,23+/m0/s1. The highest BCUT2D eigenvalue weighted by atomic mass is 16.5. The molecule has 3 amide bonds. The van der Waals surface area contributed by atoms with E-state index in [1.165, 1.54) is 12.8 Å². The predicted molar refractivity (Wildman–Crippen MR) is 129 cm³/mol. The molecule has 184 valence electrons. The summed E-state index contributed by atoms with van der Waals surface area (Å²) in [6, 6.07) is 4.93. The van der Waals surface area contributed by atoms with Crippen LogP contribution in [0.1, 0.15) is 46.1 Å². The van der Waals surface area contributed by atoms with Crippen molar-refractivity contribution in [1.29, 1.82) is 0 Å². The highest BCUT2D eigenvalue weighted by Crippen LogP contribution is 2.31.